The number of nitrogens with one attached hydrogen (secondary N) is 1. The van der Waals surface area contributed by atoms with Gasteiger partial charge in [0.05, 0.1) is 0 Å². The average molecular weight is 339 g/mol. The van der Waals surface area contributed by atoms with Crippen molar-refractivity contribution in [2.24, 2.45) is 0 Å². The van der Waals surface area contributed by atoms with E-state index in [2.05, 4.69) is 34.2 Å². The van der Waals surface area contributed by atoms with E-state index in [4.69, 9.17) is 0 Å². The molecule has 1 fully saturated rings. The minimum Gasteiger partial charge on any atom is -0.368 e. The lowest BCUT2D eigenvalue weighted by Crippen LogP contribution is -2.47. The molecule has 1 aliphatic heterocycles. The third kappa shape index (κ3) is 4.14. The van der Waals surface area contributed by atoms with Crippen molar-refractivity contribution >= 4 is 11.7 Å². The van der Waals surface area contributed by atoms with Crippen LogP contribution in [-0.2, 0) is 0 Å². The maximum atomic E-state index is 12.6. The Balaban J connectivity index is 1.75. The first-order chi connectivity index (χ1) is 12.2. The maximum absolute atomic E-state index is 12.6. The van der Waals surface area contributed by atoms with Crippen LogP contribution in [0.15, 0.2) is 36.7 Å². The second-order valence-electron chi connectivity index (χ2n) is 6.35. The van der Waals surface area contributed by atoms with Gasteiger partial charge in [0.25, 0.3) is 5.91 Å². The van der Waals surface area contributed by atoms with Crippen LogP contribution in [0.5, 0.6) is 0 Å². The largest absolute Gasteiger partial charge is 0.368 e. The summed E-state index contributed by atoms with van der Waals surface area (Å²) in [4.78, 5) is 25.6. The average Bonchev–Trinajstić information content (AvgIpc) is 2.67. The van der Waals surface area contributed by atoms with Gasteiger partial charge >= 0.3 is 0 Å². The van der Waals surface area contributed by atoms with Gasteiger partial charge < -0.3 is 15.1 Å². The summed E-state index contributed by atoms with van der Waals surface area (Å²) in [5, 5.41) is 3.30. The number of benzene rings is 1. The van der Waals surface area contributed by atoms with Crippen molar-refractivity contribution < 1.29 is 4.79 Å². The first-order valence-electron chi connectivity index (χ1n) is 8.82. The summed E-state index contributed by atoms with van der Waals surface area (Å²) in [6.45, 7) is 6.39. The van der Waals surface area contributed by atoms with Crippen molar-refractivity contribution in [2.75, 3.05) is 45.1 Å². The Morgan fingerprint density at radius 1 is 1.08 bits per heavy atom. The van der Waals surface area contributed by atoms with E-state index < -0.39 is 0 Å². The number of hydrogen-bond donors (Lipinski definition) is 1. The smallest absolute Gasteiger partial charge is 0.253 e. The van der Waals surface area contributed by atoms with Crippen LogP contribution >= 0.6 is 0 Å². The van der Waals surface area contributed by atoms with E-state index in [-0.39, 0.29) is 5.91 Å². The number of likely N-dealkylation sites (N-methyl/N-ethyl adjacent to an activating group) is 1. The molecule has 1 saturated heterocycles. The molecule has 0 aliphatic carbocycles. The number of carbonyl (C=O) groups is 1. The molecule has 0 spiro atoms. The van der Waals surface area contributed by atoms with Crippen LogP contribution in [0.2, 0.25) is 0 Å². The molecule has 1 N–H and O–H groups in total. The zero-order valence-corrected chi connectivity index (χ0v) is 14.9. The molecule has 1 aliphatic rings. The predicted molar refractivity (Wildman–Crippen MR) is 99.6 cm³/mol. The van der Waals surface area contributed by atoms with Gasteiger partial charge in [0.15, 0.2) is 5.82 Å². The number of anilines is 1. The van der Waals surface area contributed by atoms with E-state index in [1.54, 1.807) is 12.4 Å². The molecule has 2 heterocycles. The summed E-state index contributed by atoms with van der Waals surface area (Å²) >= 11 is 0. The van der Waals surface area contributed by atoms with Gasteiger partial charge in [0.1, 0.15) is 5.69 Å². The van der Waals surface area contributed by atoms with Crippen LogP contribution in [0.25, 0.3) is 11.3 Å². The number of carbonyl (C=O) groups excluding carboxylic acids is 1. The van der Waals surface area contributed by atoms with Crippen molar-refractivity contribution in [2.45, 2.75) is 13.3 Å². The number of piperazine rings is 1. The molecule has 0 atom stereocenters. The van der Waals surface area contributed by atoms with E-state index >= 15 is 0 Å². The lowest BCUT2D eigenvalue weighted by Gasteiger charge is -2.32. The number of hydrogen-bond acceptors (Lipinski definition) is 5. The van der Waals surface area contributed by atoms with Gasteiger partial charge in [-0.15, -0.1) is 0 Å². The van der Waals surface area contributed by atoms with E-state index in [1.807, 2.05) is 29.2 Å². The lowest BCUT2D eigenvalue weighted by atomic mass is 10.1. The fourth-order valence-corrected chi connectivity index (χ4v) is 2.88. The SMILES string of the molecule is CCCNc1nccnc1-c1ccc(C(=O)N2CCN(C)CC2)cc1. The zero-order chi connectivity index (χ0) is 17.6. The van der Waals surface area contributed by atoms with Gasteiger partial charge in [-0.05, 0) is 25.6 Å². The van der Waals surface area contributed by atoms with Crippen LogP contribution in [0.1, 0.15) is 23.7 Å². The van der Waals surface area contributed by atoms with Crippen LogP contribution in [0, 0.1) is 0 Å². The number of nitrogens with zero attached hydrogens (tertiary/aromatic N) is 4. The predicted octanol–water partition coefficient (Wildman–Crippen LogP) is 2.35. The Bertz CT molecular complexity index is 708. The summed E-state index contributed by atoms with van der Waals surface area (Å²) in [5.41, 5.74) is 2.50. The highest BCUT2D eigenvalue weighted by atomic mass is 16.2. The van der Waals surface area contributed by atoms with Gasteiger partial charge in [0.2, 0.25) is 0 Å². The fourth-order valence-electron chi connectivity index (χ4n) is 2.88. The van der Waals surface area contributed by atoms with E-state index in [0.29, 0.717) is 0 Å². The number of aromatic nitrogens is 2. The molecule has 0 bridgehead atoms. The molecular weight excluding hydrogens is 314 g/mol. The second kappa shape index (κ2) is 8.07. The molecule has 1 amide bonds. The van der Waals surface area contributed by atoms with Gasteiger partial charge in [0, 0.05) is 56.2 Å². The summed E-state index contributed by atoms with van der Waals surface area (Å²) in [6.07, 6.45) is 4.40. The van der Waals surface area contributed by atoms with Crippen LogP contribution < -0.4 is 5.32 Å². The Labute approximate surface area is 148 Å². The maximum Gasteiger partial charge on any atom is 0.253 e. The highest BCUT2D eigenvalue weighted by Crippen LogP contribution is 2.24. The van der Waals surface area contributed by atoms with Crippen molar-refractivity contribution in [1.29, 1.82) is 0 Å². The van der Waals surface area contributed by atoms with Gasteiger partial charge in [-0.3, -0.25) is 9.78 Å². The van der Waals surface area contributed by atoms with Gasteiger partial charge in [-0.2, -0.15) is 0 Å². The normalized spacial score (nSPS) is 15.2. The van der Waals surface area contributed by atoms with E-state index in [1.165, 1.54) is 0 Å². The molecule has 0 unspecified atom stereocenters. The topological polar surface area (TPSA) is 61.4 Å². The van der Waals surface area contributed by atoms with Crippen LogP contribution in [0.3, 0.4) is 0 Å². The monoisotopic (exact) mass is 339 g/mol. The molecule has 25 heavy (non-hydrogen) atoms. The fraction of sp³-hybridized carbons (Fsp3) is 0.421. The highest BCUT2D eigenvalue weighted by molar-refractivity contribution is 5.95. The molecule has 1 aromatic carbocycles. The molecule has 2 aromatic rings. The minimum absolute atomic E-state index is 0.100. The standard InChI is InChI=1S/C19H25N5O/c1-3-8-21-18-17(20-9-10-22-18)15-4-6-16(7-5-15)19(25)24-13-11-23(2)12-14-24/h4-7,9-10H,3,8,11-14H2,1-2H3,(H,21,22). The van der Waals surface area contributed by atoms with Crippen LogP contribution in [-0.4, -0.2) is 65.4 Å². The third-order valence-corrected chi connectivity index (χ3v) is 4.44. The number of rotatable bonds is 5. The Morgan fingerprint density at radius 2 is 1.76 bits per heavy atom. The van der Waals surface area contributed by atoms with Crippen molar-refractivity contribution in [3.8, 4) is 11.3 Å². The van der Waals surface area contributed by atoms with E-state index in [0.717, 1.165) is 61.8 Å². The van der Waals surface area contributed by atoms with Crippen molar-refractivity contribution in [3.63, 3.8) is 0 Å². The van der Waals surface area contributed by atoms with Gasteiger partial charge in [-0.25, -0.2) is 4.98 Å². The lowest BCUT2D eigenvalue weighted by molar-refractivity contribution is 0.0664. The van der Waals surface area contributed by atoms with Crippen molar-refractivity contribution in [1.82, 2.24) is 19.8 Å². The second-order valence-corrected chi connectivity index (χ2v) is 6.35. The Kier molecular flexibility index (Phi) is 5.60. The minimum atomic E-state index is 0.100. The van der Waals surface area contributed by atoms with Gasteiger partial charge in [-0.1, -0.05) is 19.1 Å². The first kappa shape index (κ1) is 17.4. The third-order valence-electron chi connectivity index (χ3n) is 4.44. The molecular formula is C19H25N5O. The Morgan fingerprint density at radius 3 is 2.44 bits per heavy atom. The molecule has 132 valence electrons. The molecule has 1 aromatic heterocycles. The first-order valence-corrected chi connectivity index (χ1v) is 8.82. The quantitative estimate of drug-likeness (QED) is 0.906. The number of amides is 1. The molecule has 6 heteroatoms. The highest BCUT2D eigenvalue weighted by Gasteiger charge is 2.20. The summed E-state index contributed by atoms with van der Waals surface area (Å²) in [7, 11) is 2.08. The molecule has 0 saturated carbocycles. The molecule has 6 nitrogen and oxygen atoms in total. The summed E-state index contributed by atoms with van der Waals surface area (Å²) in [5.74, 6) is 0.880. The summed E-state index contributed by atoms with van der Waals surface area (Å²) < 4.78 is 0. The zero-order valence-electron chi connectivity index (χ0n) is 14.9. The molecule has 3 rings (SSSR count). The van der Waals surface area contributed by atoms with E-state index in [9.17, 15) is 4.79 Å². The summed E-state index contributed by atoms with van der Waals surface area (Å²) in [6, 6.07) is 7.66. The molecule has 0 radical (unpaired) electrons. The van der Waals surface area contributed by atoms with Crippen molar-refractivity contribution in [3.05, 3.63) is 42.2 Å². The van der Waals surface area contributed by atoms with Crippen LogP contribution in [0.4, 0.5) is 5.82 Å². The Hall–Kier alpha value is -2.47.